The second kappa shape index (κ2) is 11.5. The average Bonchev–Trinajstić information content (AvgIpc) is 3.18. The highest BCUT2D eigenvalue weighted by atomic mass is 16.5. The SMILES string of the molecule is CCN(CC)c1ccc(N2C(=O)C(=O)/C(=C(/O)c3ccc(OCC(C)C)cc3)C2c2ccccc2C)cc1. The smallest absolute Gasteiger partial charge is 0.300 e. The largest absolute Gasteiger partial charge is 0.507 e. The highest BCUT2D eigenvalue weighted by Gasteiger charge is 2.47. The van der Waals surface area contributed by atoms with Crippen LogP contribution < -0.4 is 14.5 Å². The van der Waals surface area contributed by atoms with Gasteiger partial charge in [-0.3, -0.25) is 14.5 Å². The van der Waals surface area contributed by atoms with Crippen LogP contribution >= 0.6 is 0 Å². The Bertz CT molecular complexity index is 1320. The zero-order chi connectivity index (χ0) is 27.4. The molecule has 6 nitrogen and oxygen atoms in total. The molecule has 198 valence electrons. The van der Waals surface area contributed by atoms with E-state index in [9.17, 15) is 14.7 Å². The molecular formula is C32H36N2O4. The number of aryl methyl sites for hydroxylation is 1. The van der Waals surface area contributed by atoms with E-state index in [-0.39, 0.29) is 11.3 Å². The molecular weight excluding hydrogens is 476 g/mol. The third kappa shape index (κ3) is 5.30. The van der Waals surface area contributed by atoms with Gasteiger partial charge in [0, 0.05) is 30.0 Å². The summed E-state index contributed by atoms with van der Waals surface area (Å²) in [5, 5.41) is 11.4. The van der Waals surface area contributed by atoms with Gasteiger partial charge in [0.1, 0.15) is 11.5 Å². The number of Topliss-reactive ketones (excluding diaryl/α,β-unsaturated/α-hetero) is 1. The summed E-state index contributed by atoms with van der Waals surface area (Å²) in [5.74, 6) is -0.501. The zero-order valence-electron chi connectivity index (χ0n) is 22.8. The van der Waals surface area contributed by atoms with Gasteiger partial charge in [0.2, 0.25) is 0 Å². The molecule has 0 saturated carbocycles. The lowest BCUT2D eigenvalue weighted by molar-refractivity contribution is -0.132. The van der Waals surface area contributed by atoms with E-state index in [2.05, 4.69) is 32.6 Å². The van der Waals surface area contributed by atoms with E-state index in [1.165, 1.54) is 4.90 Å². The molecule has 1 heterocycles. The van der Waals surface area contributed by atoms with Crippen molar-refractivity contribution in [2.45, 2.75) is 40.7 Å². The molecule has 1 fully saturated rings. The van der Waals surface area contributed by atoms with Crippen LogP contribution in [0.15, 0.2) is 78.4 Å². The van der Waals surface area contributed by atoms with E-state index in [1.54, 1.807) is 24.3 Å². The topological polar surface area (TPSA) is 70.1 Å². The van der Waals surface area contributed by atoms with Crippen LogP contribution in [0.3, 0.4) is 0 Å². The summed E-state index contributed by atoms with van der Waals surface area (Å²) < 4.78 is 5.76. The molecule has 1 aliphatic heterocycles. The Balaban J connectivity index is 1.80. The third-order valence-electron chi connectivity index (χ3n) is 6.90. The fourth-order valence-electron chi connectivity index (χ4n) is 4.83. The van der Waals surface area contributed by atoms with Gasteiger partial charge >= 0.3 is 0 Å². The number of benzene rings is 3. The second-order valence-corrected chi connectivity index (χ2v) is 9.94. The van der Waals surface area contributed by atoms with Gasteiger partial charge < -0.3 is 14.7 Å². The summed E-state index contributed by atoms with van der Waals surface area (Å²) in [7, 11) is 0. The molecule has 1 amide bonds. The Morgan fingerprint density at radius 2 is 1.58 bits per heavy atom. The van der Waals surface area contributed by atoms with Crippen LogP contribution in [-0.2, 0) is 9.59 Å². The molecule has 6 heteroatoms. The van der Waals surface area contributed by atoms with Crippen molar-refractivity contribution in [2.24, 2.45) is 5.92 Å². The number of aliphatic hydroxyl groups is 1. The summed E-state index contributed by atoms with van der Waals surface area (Å²) >= 11 is 0. The van der Waals surface area contributed by atoms with Crippen molar-refractivity contribution >= 4 is 28.8 Å². The van der Waals surface area contributed by atoms with E-state index in [4.69, 9.17) is 4.74 Å². The Kier molecular flexibility index (Phi) is 8.20. The van der Waals surface area contributed by atoms with Crippen molar-refractivity contribution in [3.8, 4) is 5.75 Å². The zero-order valence-corrected chi connectivity index (χ0v) is 22.8. The van der Waals surface area contributed by atoms with Crippen LogP contribution in [0.2, 0.25) is 0 Å². The van der Waals surface area contributed by atoms with Crippen molar-refractivity contribution in [3.63, 3.8) is 0 Å². The molecule has 1 aliphatic rings. The highest BCUT2D eigenvalue weighted by molar-refractivity contribution is 6.51. The summed E-state index contributed by atoms with van der Waals surface area (Å²) in [4.78, 5) is 30.7. The van der Waals surface area contributed by atoms with E-state index in [0.717, 1.165) is 29.9 Å². The first-order chi connectivity index (χ1) is 18.3. The molecule has 3 aromatic rings. The first-order valence-corrected chi connectivity index (χ1v) is 13.2. The van der Waals surface area contributed by atoms with E-state index in [0.29, 0.717) is 29.5 Å². The Hall–Kier alpha value is -4.06. The van der Waals surface area contributed by atoms with Gasteiger partial charge in [-0.2, -0.15) is 0 Å². The van der Waals surface area contributed by atoms with Crippen molar-refractivity contribution in [2.75, 3.05) is 29.5 Å². The second-order valence-electron chi connectivity index (χ2n) is 9.94. The summed E-state index contributed by atoms with van der Waals surface area (Å²) in [6.45, 7) is 12.6. The molecule has 38 heavy (non-hydrogen) atoms. The maximum Gasteiger partial charge on any atom is 0.300 e. The molecule has 0 aliphatic carbocycles. The predicted octanol–water partition coefficient (Wildman–Crippen LogP) is 6.50. The molecule has 0 radical (unpaired) electrons. The minimum atomic E-state index is -0.757. The molecule has 0 aromatic heterocycles. The average molecular weight is 513 g/mol. The van der Waals surface area contributed by atoms with Gasteiger partial charge in [0.05, 0.1) is 18.2 Å². The first-order valence-electron chi connectivity index (χ1n) is 13.2. The Morgan fingerprint density at radius 1 is 0.947 bits per heavy atom. The molecule has 0 bridgehead atoms. The number of rotatable bonds is 9. The summed E-state index contributed by atoms with van der Waals surface area (Å²) in [5.41, 5.74) is 3.89. The third-order valence-corrected chi connectivity index (χ3v) is 6.90. The predicted molar refractivity (Wildman–Crippen MR) is 153 cm³/mol. The van der Waals surface area contributed by atoms with Crippen molar-refractivity contribution < 1.29 is 19.4 Å². The maximum absolute atomic E-state index is 13.5. The van der Waals surface area contributed by atoms with Crippen LogP contribution in [0.5, 0.6) is 5.75 Å². The fourth-order valence-corrected chi connectivity index (χ4v) is 4.83. The maximum atomic E-state index is 13.5. The molecule has 4 rings (SSSR count). The van der Waals surface area contributed by atoms with Gasteiger partial charge in [0.25, 0.3) is 11.7 Å². The lowest BCUT2D eigenvalue weighted by Gasteiger charge is -2.27. The summed E-state index contributed by atoms with van der Waals surface area (Å²) in [6, 6.07) is 21.5. The minimum Gasteiger partial charge on any atom is -0.507 e. The number of hydrogen-bond acceptors (Lipinski definition) is 5. The van der Waals surface area contributed by atoms with E-state index in [1.807, 2.05) is 55.5 Å². The van der Waals surface area contributed by atoms with Crippen LogP contribution in [0, 0.1) is 12.8 Å². The number of carbonyl (C=O) groups excluding carboxylic acids is 2. The standard InChI is InChI=1S/C32H36N2O4/c1-6-33(7-2)24-14-16-25(17-15-24)34-29(27-11-9-8-10-22(27)5)28(31(36)32(34)37)30(35)23-12-18-26(19-13-23)38-20-21(3)4/h8-19,21,29,35H,6-7,20H2,1-5H3/b30-28+. The number of amides is 1. The Labute approximate surface area is 225 Å². The van der Waals surface area contributed by atoms with Crippen LogP contribution in [-0.4, -0.2) is 36.5 Å². The number of ketones is 1. The quantitative estimate of drug-likeness (QED) is 0.201. The lowest BCUT2D eigenvalue weighted by atomic mass is 9.92. The molecule has 0 spiro atoms. The molecule has 1 saturated heterocycles. The van der Waals surface area contributed by atoms with E-state index < -0.39 is 17.7 Å². The highest BCUT2D eigenvalue weighted by Crippen LogP contribution is 2.43. The van der Waals surface area contributed by atoms with Gasteiger partial charge in [-0.15, -0.1) is 0 Å². The molecule has 3 aromatic carbocycles. The van der Waals surface area contributed by atoms with Gasteiger partial charge in [-0.25, -0.2) is 0 Å². The Morgan fingerprint density at radius 3 is 2.16 bits per heavy atom. The van der Waals surface area contributed by atoms with Crippen molar-refractivity contribution in [1.29, 1.82) is 0 Å². The van der Waals surface area contributed by atoms with Crippen LogP contribution in [0.4, 0.5) is 11.4 Å². The van der Waals surface area contributed by atoms with Crippen molar-refractivity contribution in [3.05, 3.63) is 95.1 Å². The van der Waals surface area contributed by atoms with Crippen molar-refractivity contribution in [1.82, 2.24) is 0 Å². The number of aliphatic hydroxyl groups excluding tert-OH is 1. The van der Waals surface area contributed by atoms with Gasteiger partial charge in [-0.1, -0.05) is 38.1 Å². The number of carbonyl (C=O) groups is 2. The monoisotopic (exact) mass is 512 g/mol. The van der Waals surface area contributed by atoms with E-state index >= 15 is 0 Å². The normalized spacial score (nSPS) is 16.8. The molecule has 1 atom stereocenters. The van der Waals surface area contributed by atoms with Gasteiger partial charge in [0.15, 0.2) is 0 Å². The molecule has 1 unspecified atom stereocenters. The molecule has 1 N–H and O–H groups in total. The number of ether oxygens (including phenoxy) is 1. The fraction of sp³-hybridized carbons (Fsp3) is 0.312. The van der Waals surface area contributed by atoms with Crippen LogP contribution in [0.1, 0.15) is 50.4 Å². The van der Waals surface area contributed by atoms with Crippen LogP contribution in [0.25, 0.3) is 5.76 Å². The van der Waals surface area contributed by atoms with Gasteiger partial charge in [-0.05, 0) is 86.3 Å². The lowest BCUT2D eigenvalue weighted by Crippen LogP contribution is -2.30. The minimum absolute atomic E-state index is 0.0768. The summed E-state index contributed by atoms with van der Waals surface area (Å²) in [6.07, 6.45) is 0. The number of hydrogen-bond donors (Lipinski definition) is 1. The first kappa shape index (κ1) is 27.0. The number of anilines is 2. The number of nitrogens with zero attached hydrogens (tertiary/aromatic N) is 2.